The molecule has 276 valence electrons. The second-order valence-electron chi connectivity index (χ2n) is 12.2. The molecule has 0 unspecified atom stereocenters. The van der Waals surface area contributed by atoms with Gasteiger partial charge in [0, 0.05) is 44.0 Å². The molecule has 2 aromatic heterocycles. The van der Waals surface area contributed by atoms with Gasteiger partial charge in [-0.15, -0.1) is 0 Å². The molecule has 0 saturated carbocycles. The third-order valence-electron chi connectivity index (χ3n) is 8.30. The first kappa shape index (κ1) is 37.5. The molecule has 0 amide bonds. The maximum Gasteiger partial charge on any atom is 0.295 e. The molecule has 1 fully saturated rings. The highest BCUT2D eigenvalue weighted by molar-refractivity contribution is 7.86. The van der Waals surface area contributed by atoms with Crippen molar-refractivity contribution in [2.24, 2.45) is 0 Å². The molecule has 6 rings (SSSR count). The van der Waals surface area contributed by atoms with E-state index in [1.54, 1.807) is 29.2 Å². The van der Waals surface area contributed by atoms with E-state index in [2.05, 4.69) is 45.4 Å². The zero-order valence-corrected chi connectivity index (χ0v) is 30.2. The van der Waals surface area contributed by atoms with Crippen LogP contribution in [0.4, 0.5) is 35.2 Å². The van der Waals surface area contributed by atoms with Crippen molar-refractivity contribution in [2.75, 3.05) is 59.8 Å². The SMILES string of the molecule is O=S(=O)(O)c1cc(Nc2nc(Cc3ccccc3)nc(N(CCO)CCO)n2)ccc1/C=C/c1ccc(Nc2nc(Cl)nc(N3CCCCC3)n2)cc1. The first-order valence-corrected chi connectivity index (χ1v) is 18.8. The Labute approximate surface area is 312 Å². The van der Waals surface area contributed by atoms with Gasteiger partial charge in [-0.2, -0.15) is 38.3 Å². The van der Waals surface area contributed by atoms with Crippen LogP contribution in [-0.4, -0.2) is 92.5 Å². The summed E-state index contributed by atoms with van der Waals surface area (Å²) in [6, 6.07) is 21.4. The lowest BCUT2D eigenvalue weighted by molar-refractivity contribution is 0.280. The van der Waals surface area contributed by atoms with Gasteiger partial charge in [0.2, 0.25) is 29.1 Å². The summed E-state index contributed by atoms with van der Waals surface area (Å²) in [4.78, 5) is 30.0. The maximum absolute atomic E-state index is 12.5. The third kappa shape index (κ3) is 10.4. The summed E-state index contributed by atoms with van der Waals surface area (Å²) in [5, 5.41) is 25.5. The van der Waals surface area contributed by atoms with E-state index in [0.29, 0.717) is 35.5 Å². The number of piperidine rings is 1. The topological polar surface area (TPSA) is 203 Å². The number of nitrogens with one attached hydrogen (secondary N) is 2. The number of aliphatic hydroxyl groups excluding tert-OH is 2. The number of hydrogen-bond donors (Lipinski definition) is 5. The van der Waals surface area contributed by atoms with E-state index in [9.17, 15) is 23.2 Å². The summed E-state index contributed by atoms with van der Waals surface area (Å²) in [5.41, 5.74) is 2.99. The average Bonchev–Trinajstić information content (AvgIpc) is 3.15. The fourth-order valence-corrected chi connectivity index (χ4v) is 6.61. The predicted octanol–water partition coefficient (Wildman–Crippen LogP) is 4.99. The summed E-state index contributed by atoms with van der Waals surface area (Å²) in [5.74, 6) is 1.62. The van der Waals surface area contributed by atoms with Crippen LogP contribution in [0.1, 0.15) is 41.8 Å². The van der Waals surface area contributed by atoms with Crippen molar-refractivity contribution < 1.29 is 23.2 Å². The van der Waals surface area contributed by atoms with Gasteiger partial charge in [0.1, 0.15) is 10.7 Å². The van der Waals surface area contributed by atoms with Crippen molar-refractivity contribution in [1.82, 2.24) is 29.9 Å². The van der Waals surface area contributed by atoms with Crippen LogP contribution >= 0.6 is 11.6 Å². The van der Waals surface area contributed by atoms with Gasteiger partial charge in [-0.3, -0.25) is 4.55 Å². The summed E-state index contributed by atoms with van der Waals surface area (Å²) < 4.78 is 35.3. The quantitative estimate of drug-likeness (QED) is 0.0706. The monoisotopic (exact) mass is 758 g/mol. The molecular weight excluding hydrogens is 720 g/mol. The summed E-state index contributed by atoms with van der Waals surface area (Å²) in [6.07, 6.45) is 7.01. The minimum atomic E-state index is -4.65. The van der Waals surface area contributed by atoms with Crippen LogP contribution in [0.2, 0.25) is 5.28 Å². The molecule has 53 heavy (non-hydrogen) atoms. The van der Waals surface area contributed by atoms with E-state index in [0.717, 1.165) is 37.1 Å². The number of anilines is 6. The second kappa shape index (κ2) is 17.5. The van der Waals surface area contributed by atoms with Crippen LogP contribution in [0.15, 0.2) is 77.7 Å². The van der Waals surface area contributed by atoms with Crippen LogP contribution < -0.4 is 20.4 Å². The van der Waals surface area contributed by atoms with Gasteiger partial charge in [0.25, 0.3) is 10.1 Å². The highest BCUT2D eigenvalue weighted by atomic mass is 35.5. The Balaban J connectivity index is 1.20. The van der Waals surface area contributed by atoms with Gasteiger partial charge in [0.05, 0.1) is 13.2 Å². The molecule has 0 aliphatic carbocycles. The molecule has 0 bridgehead atoms. The zero-order chi connectivity index (χ0) is 37.2. The Morgan fingerprint density at radius 2 is 1.45 bits per heavy atom. The summed E-state index contributed by atoms with van der Waals surface area (Å²) in [6.45, 7) is 1.71. The molecule has 1 saturated heterocycles. The van der Waals surface area contributed by atoms with Gasteiger partial charge >= 0.3 is 0 Å². The highest BCUT2D eigenvalue weighted by Gasteiger charge is 2.19. The number of rotatable bonds is 15. The highest BCUT2D eigenvalue weighted by Crippen LogP contribution is 2.26. The van der Waals surface area contributed by atoms with E-state index in [1.165, 1.54) is 12.5 Å². The fraction of sp³-hybridized carbons (Fsp3) is 0.278. The van der Waals surface area contributed by atoms with Crippen molar-refractivity contribution in [1.29, 1.82) is 0 Å². The second-order valence-corrected chi connectivity index (χ2v) is 13.9. The van der Waals surface area contributed by atoms with E-state index in [-0.39, 0.29) is 53.9 Å². The van der Waals surface area contributed by atoms with Crippen molar-refractivity contribution >= 4 is 69.0 Å². The Morgan fingerprint density at radius 1 is 0.774 bits per heavy atom. The van der Waals surface area contributed by atoms with Crippen molar-refractivity contribution in [3.8, 4) is 0 Å². The largest absolute Gasteiger partial charge is 0.395 e. The number of aliphatic hydroxyl groups is 2. The lowest BCUT2D eigenvalue weighted by Gasteiger charge is -2.26. The van der Waals surface area contributed by atoms with Crippen LogP contribution in [0, 0.1) is 0 Å². The lowest BCUT2D eigenvalue weighted by Crippen LogP contribution is -2.32. The first-order chi connectivity index (χ1) is 25.7. The van der Waals surface area contributed by atoms with Gasteiger partial charge < -0.3 is 30.6 Å². The molecule has 0 atom stereocenters. The van der Waals surface area contributed by atoms with Gasteiger partial charge in [0.15, 0.2) is 0 Å². The number of nitrogens with zero attached hydrogens (tertiary/aromatic N) is 8. The molecule has 0 spiro atoms. The predicted molar refractivity (Wildman–Crippen MR) is 205 cm³/mol. The number of aromatic nitrogens is 6. The molecule has 1 aliphatic heterocycles. The van der Waals surface area contributed by atoms with E-state index >= 15 is 0 Å². The van der Waals surface area contributed by atoms with Gasteiger partial charge in [-0.1, -0.05) is 60.7 Å². The molecule has 5 aromatic rings. The van der Waals surface area contributed by atoms with Crippen molar-refractivity contribution in [3.63, 3.8) is 0 Å². The Kier molecular flexibility index (Phi) is 12.4. The summed E-state index contributed by atoms with van der Waals surface area (Å²) >= 11 is 6.20. The summed E-state index contributed by atoms with van der Waals surface area (Å²) in [7, 11) is -4.65. The molecule has 3 heterocycles. The van der Waals surface area contributed by atoms with Crippen LogP contribution in [0.25, 0.3) is 12.2 Å². The average molecular weight is 759 g/mol. The number of halogens is 1. The Hall–Kier alpha value is -5.26. The van der Waals surface area contributed by atoms with E-state index < -0.39 is 10.1 Å². The minimum absolute atomic E-state index is 0.104. The zero-order valence-electron chi connectivity index (χ0n) is 28.7. The Morgan fingerprint density at radius 3 is 2.15 bits per heavy atom. The molecule has 1 aliphatic rings. The van der Waals surface area contributed by atoms with Crippen molar-refractivity contribution in [3.05, 3.63) is 101 Å². The smallest absolute Gasteiger partial charge is 0.295 e. The standard InChI is InChI=1S/C36H39ClN10O5S/c37-32-42-34(45-36(43-32)46-17-5-2-6-18-46)38-28-14-10-25(11-15-28)9-12-27-13-16-29(24-30(27)53(50,51)52)39-33-40-31(23-26-7-3-1-4-8-26)41-35(44-33)47(19-21-48)20-22-49/h1,3-4,7-16,24,48-49H,2,5-6,17-23H2,(H,50,51,52)(H,38,42,43,45)(H,39,40,41,44)/b12-9+. The van der Waals surface area contributed by atoms with Crippen LogP contribution in [-0.2, 0) is 16.5 Å². The van der Waals surface area contributed by atoms with Crippen molar-refractivity contribution in [2.45, 2.75) is 30.6 Å². The third-order valence-corrected chi connectivity index (χ3v) is 9.38. The number of benzene rings is 3. The lowest BCUT2D eigenvalue weighted by atomic mass is 10.1. The minimum Gasteiger partial charge on any atom is -0.395 e. The number of hydrogen-bond acceptors (Lipinski definition) is 14. The van der Waals surface area contributed by atoms with Crippen LogP contribution in [0.3, 0.4) is 0 Å². The molecule has 17 heteroatoms. The molecular formula is C36H39ClN10O5S. The normalized spacial score (nSPS) is 13.3. The molecule has 3 aromatic carbocycles. The molecule has 5 N–H and O–H groups in total. The van der Waals surface area contributed by atoms with Gasteiger partial charge in [-0.25, -0.2) is 0 Å². The molecule has 0 radical (unpaired) electrons. The van der Waals surface area contributed by atoms with Crippen LogP contribution in [0.5, 0.6) is 0 Å². The Bertz CT molecular complexity index is 2130. The van der Waals surface area contributed by atoms with E-state index in [1.807, 2.05) is 54.6 Å². The maximum atomic E-state index is 12.5. The first-order valence-electron chi connectivity index (χ1n) is 17.0. The van der Waals surface area contributed by atoms with E-state index in [4.69, 9.17) is 11.6 Å². The van der Waals surface area contributed by atoms with Gasteiger partial charge in [-0.05, 0) is 71.8 Å². The molecule has 15 nitrogen and oxygen atoms in total. The fourth-order valence-electron chi connectivity index (χ4n) is 5.74.